The van der Waals surface area contributed by atoms with Gasteiger partial charge in [0.15, 0.2) is 0 Å². The molecule has 6 nitrogen and oxygen atoms in total. The summed E-state index contributed by atoms with van der Waals surface area (Å²) in [5.74, 6) is -1.61. The highest BCUT2D eigenvalue weighted by molar-refractivity contribution is 7.19. The molecule has 3 rings (SSSR count). The molecular formula is C23H19Cl3N2O4S. The standard InChI is InChI=1S/C23H19Cl3N2O4S/c1-4-32-23(31)18-12(3)19(21(30)27-14-7-5-11(2)16(25)10-14)33-22(18)28-20(29)13-6-8-15(24)17(26)9-13/h5-10H,4H2,1-3H3,(H,27,30)(H,28,29). The van der Waals surface area contributed by atoms with Crippen LogP contribution in [0.2, 0.25) is 15.1 Å². The van der Waals surface area contributed by atoms with Gasteiger partial charge < -0.3 is 15.4 Å². The minimum atomic E-state index is -0.645. The van der Waals surface area contributed by atoms with E-state index in [1.54, 1.807) is 32.0 Å². The zero-order chi connectivity index (χ0) is 24.3. The second kappa shape index (κ2) is 10.6. The van der Waals surface area contributed by atoms with E-state index in [4.69, 9.17) is 39.5 Å². The van der Waals surface area contributed by atoms with Crippen LogP contribution in [0.25, 0.3) is 0 Å². The van der Waals surface area contributed by atoms with Crippen molar-refractivity contribution in [1.82, 2.24) is 0 Å². The third kappa shape index (κ3) is 5.68. The van der Waals surface area contributed by atoms with Crippen LogP contribution in [0.4, 0.5) is 10.7 Å². The first-order valence-corrected chi connectivity index (χ1v) is 11.7. The quantitative estimate of drug-likeness (QED) is 0.339. The van der Waals surface area contributed by atoms with Crippen molar-refractivity contribution in [3.05, 3.63) is 78.6 Å². The van der Waals surface area contributed by atoms with Crippen LogP contribution in [0.3, 0.4) is 0 Å². The molecule has 0 aliphatic carbocycles. The average molecular weight is 526 g/mol. The number of thiophene rings is 1. The first-order chi connectivity index (χ1) is 15.6. The average Bonchev–Trinajstić information content (AvgIpc) is 3.08. The summed E-state index contributed by atoms with van der Waals surface area (Å²) in [5.41, 5.74) is 2.12. The molecule has 0 fully saturated rings. The van der Waals surface area contributed by atoms with Crippen molar-refractivity contribution < 1.29 is 19.1 Å². The minimum absolute atomic E-state index is 0.113. The summed E-state index contributed by atoms with van der Waals surface area (Å²) < 4.78 is 5.14. The number of anilines is 2. The van der Waals surface area contributed by atoms with Crippen LogP contribution in [0.15, 0.2) is 36.4 Å². The number of aryl methyl sites for hydroxylation is 1. The number of halogens is 3. The van der Waals surface area contributed by atoms with Gasteiger partial charge in [0.25, 0.3) is 11.8 Å². The van der Waals surface area contributed by atoms with Crippen LogP contribution in [0.5, 0.6) is 0 Å². The zero-order valence-electron chi connectivity index (χ0n) is 17.8. The summed E-state index contributed by atoms with van der Waals surface area (Å²) in [5, 5.41) is 6.68. The molecule has 0 saturated heterocycles. The summed E-state index contributed by atoms with van der Waals surface area (Å²) in [7, 11) is 0. The van der Waals surface area contributed by atoms with Crippen molar-refractivity contribution in [3.8, 4) is 0 Å². The topological polar surface area (TPSA) is 84.5 Å². The molecule has 1 aromatic heterocycles. The first kappa shape index (κ1) is 25.1. The molecule has 3 aromatic rings. The van der Waals surface area contributed by atoms with E-state index in [0.29, 0.717) is 21.3 Å². The highest BCUT2D eigenvalue weighted by atomic mass is 35.5. The zero-order valence-corrected chi connectivity index (χ0v) is 20.9. The van der Waals surface area contributed by atoms with E-state index in [2.05, 4.69) is 10.6 Å². The Hall–Kier alpha value is -2.58. The molecule has 33 heavy (non-hydrogen) atoms. The second-order valence-electron chi connectivity index (χ2n) is 6.98. The fourth-order valence-electron chi connectivity index (χ4n) is 2.94. The Bertz CT molecular complexity index is 1260. The summed E-state index contributed by atoms with van der Waals surface area (Å²) in [4.78, 5) is 38.6. The number of benzene rings is 2. The Balaban J connectivity index is 1.95. The van der Waals surface area contributed by atoms with E-state index in [-0.39, 0.29) is 32.6 Å². The molecule has 0 atom stereocenters. The molecular weight excluding hydrogens is 507 g/mol. The predicted molar refractivity (Wildman–Crippen MR) is 134 cm³/mol. The first-order valence-electron chi connectivity index (χ1n) is 9.76. The van der Waals surface area contributed by atoms with Gasteiger partial charge >= 0.3 is 5.97 Å². The van der Waals surface area contributed by atoms with Gasteiger partial charge in [-0.1, -0.05) is 40.9 Å². The molecule has 0 aliphatic heterocycles. The van der Waals surface area contributed by atoms with Crippen molar-refractivity contribution in [2.45, 2.75) is 20.8 Å². The summed E-state index contributed by atoms with van der Waals surface area (Å²) in [6, 6.07) is 9.56. The highest BCUT2D eigenvalue weighted by Crippen LogP contribution is 2.35. The fourth-order valence-corrected chi connectivity index (χ4v) is 4.50. The van der Waals surface area contributed by atoms with Crippen LogP contribution in [0.1, 0.15) is 48.4 Å². The highest BCUT2D eigenvalue weighted by Gasteiger charge is 2.27. The summed E-state index contributed by atoms with van der Waals surface area (Å²) in [6.07, 6.45) is 0. The van der Waals surface area contributed by atoms with Gasteiger partial charge in [-0.05, 0) is 62.2 Å². The summed E-state index contributed by atoms with van der Waals surface area (Å²) >= 11 is 19.0. The number of amides is 2. The van der Waals surface area contributed by atoms with Crippen molar-refractivity contribution in [3.63, 3.8) is 0 Å². The largest absolute Gasteiger partial charge is 0.462 e. The van der Waals surface area contributed by atoms with Crippen LogP contribution in [0, 0.1) is 13.8 Å². The Morgan fingerprint density at radius 2 is 1.64 bits per heavy atom. The monoisotopic (exact) mass is 524 g/mol. The second-order valence-corrected chi connectivity index (χ2v) is 9.22. The van der Waals surface area contributed by atoms with Crippen LogP contribution in [-0.2, 0) is 4.74 Å². The molecule has 10 heteroatoms. The van der Waals surface area contributed by atoms with E-state index >= 15 is 0 Å². The maximum Gasteiger partial charge on any atom is 0.341 e. The predicted octanol–water partition coefficient (Wildman–Crippen LogP) is 7.01. The number of rotatable bonds is 6. The van der Waals surface area contributed by atoms with E-state index < -0.39 is 17.8 Å². The number of esters is 1. The number of hydrogen-bond donors (Lipinski definition) is 2. The molecule has 0 spiro atoms. The Kier molecular flexibility index (Phi) is 8.02. The molecule has 0 unspecified atom stereocenters. The van der Waals surface area contributed by atoms with Crippen molar-refractivity contribution in [2.75, 3.05) is 17.2 Å². The third-order valence-corrected chi connectivity index (χ3v) is 7.02. The number of carbonyl (C=O) groups excluding carboxylic acids is 3. The van der Waals surface area contributed by atoms with Crippen LogP contribution >= 0.6 is 46.1 Å². The smallest absolute Gasteiger partial charge is 0.341 e. The Morgan fingerprint density at radius 1 is 0.909 bits per heavy atom. The van der Waals surface area contributed by atoms with Gasteiger partial charge in [-0.25, -0.2) is 4.79 Å². The van der Waals surface area contributed by atoms with Gasteiger partial charge in [0, 0.05) is 16.3 Å². The van der Waals surface area contributed by atoms with E-state index in [0.717, 1.165) is 16.9 Å². The maximum atomic E-state index is 13.0. The van der Waals surface area contributed by atoms with Crippen LogP contribution < -0.4 is 10.6 Å². The molecule has 2 amide bonds. The molecule has 2 N–H and O–H groups in total. The lowest BCUT2D eigenvalue weighted by atomic mass is 10.1. The molecule has 0 aliphatic rings. The third-order valence-electron chi connectivity index (χ3n) is 4.67. The van der Waals surface area contributed by atoms with Crippen LogP contribution in [-0.4, -0.2) is 24.4 Å². The maximum absolute atomic E-state index is 13.0. The Morgan fingerprint density at radius 3 is 2.27 bits per heavy atom. The van der Waals surface area contributed by atoms with E-state index in [9.17, 15) is 14.4 Å². The number of ether oxygens (including phenoxy) is 1. The lowest BCUT2D eigenvalue weighted by Crippen LogP contribution is -2.15. The lowest BCUT2D eigenvalue weighted by molar-refractivity contribution is 0.0527. The van der Waals surface area contributed by atoms with E-state index in [1.807, 2.05) is 6.92 Å². The Labute approximate surface area is 209 Å². The van der Waals surface area contributed by atoms with Gasteiger partial charge in [-0.3, -0.25) is 9.59 Å². The minimum Gasteiger partial charge on any atom is -0.462 e. The van der Waals surface area contributed by atoms with Gasteiger partial charge in [-0.2, -0.15) is 0 Å². The summed E-state index contributed by atoms with van der Waals surface area (Å²) in [6.45, 7) is 5.28. The van der Waals surface area contributed by atoms with Crippen molar-refractivity contribution in [2.24, 2.45) is 0 Å². The molecule has 172 valence electrons. The number of nitrogens with one attached hydrogen (secondary N) is 2. The van der Waals surface area contributed by atoms with Gasteiger partial charge in [0.1, 0.15) is 5.00 Å². The molecule has 1 heterocycles. The SMILES string of the molecule is CCOC(=O)c1c(NC(=O)c2ccc(Cl)c(Cl)c2)sc(C(=O)Nc2ccc(C)c(Cl)c2)c1C. The molecule has 2 aromatic carbocycles. The van der Waals surface area contributed by atoms with Gasteiger partial charge in [0.05, 0.1) is 27.1 Å². The van der Waals surface area contributed by atoms with Crippen molar-refractivity contribution in [1.29, 1.82) is 0 Å². The lowest BCUT2D eigenvalue weighted by Gasteiger charge is -2.08. The fraction of sp³-hybridized carbons (Fsp3) is 0.174. The van der Waals surface area contributed by atoms with Gasteiger partial charge in [-0.15, -0.1) is 11.3 Å². The van der Waals surface area contributed by atoms with Gasteiger partial charge in [0.2, 0.25) is 0 Å². The molecule has 0 saturated carbocycles. The molecule has 0 bridgehead atoms. The number of hydrogen-bond acceptors (Lipinski definition) is 5. The van der Waals surface area contributed by atoms with Crippen molar-refractivity contribution >= 4 is 74.6 Å². The van der Waals surface area contributed by atoms with E-state index in [1.165, 1.54) is 18.2 Å². The number of carbonyl (C=O) groups is 3. The molecule has 0 radical (unpaired) electrons. The normalized spacial score (nSPS) is 10.6.